The number of aromatic nitrogens is 3. The molecule has 7 heteroatoms. The third kappa shape index (κ3) is 3.10. The molecule has 0 aliphatic carbocycles. The first-order valence-corrected chi connectivity index (χ1v) is 7.35. The van der Waals surface area contributed by atoms with Crippen LogP contribution in [0.2, 0.25) is 0 Å². The monoisotopic (exact) mass is 324 g/mol. The van der Waals surface area contributed by atoms with Crippen molar-refractivity contribution in [2.75, 3.05) is 12.4 Å². The van der Waals surface area contributed by atoms with E-state index in [0.29, 0.717) is 22.6 Å². The zero-order valence-electron chi connectivity index (χ0n) is 13.3. The number of rotatable bonds is 4. The molecular formula is C17H16N4O3. The van der Waals surface area contributed by atoms with Crippen molar-refractivity contribution in [1.29, 1.82) is 0 Å². The number of benzene rings is 1. The zero-order chi connectivity index (χ0) is 17.1. The van der Waals surface area contributed by atoms with Crippen LogP contribution in [0, 0.1) is 6.92 Å². The molecule has 3 aromatic rings. The predicted octanol–water partition coefficient (Wildman–Crippen LogP) is 1.75. The van der Waals surface area contributed by atoms with Crippen molar-refractivity contribution < 1.29 is 9.53 Å². The van der Waals surface area contributed by atoms with Gasteiger partial charge in [0.1, 0.15) is 6.54 Å². The van der Waals surface area contributed by atoms with Gasteiger partial charge in [0.05, 0.1) is 30.1 Å². The minimum atomic E-state index is -0.355. The van der Waals surface area contributed by atoms with Crippen LogP contribution >= 0.6 is 0 Å². The number of pyridine rings is 1. The molecule has 0 aliphatic rings. The van der Waals surface area contributed by atoms with Gasteiger partial charge < -0.3 is 10.1 Å². The van der Waals surface area contributed by atoms with Crippen molar-refractivity contribution >= 4 is 22.4 Å². The van der Waals surface area contributed by atoms with E-state index in [1.165, 1.54) is 18.0 Å². The molecule has 0 aliphatic heterocycles. The molecule has 0 radical (unpaired) electrons. The number of nitrogens with one attached hydrogen (secondary N) is 1. The van der Waals surface area contributed by atoms with Gasteiger partial charge in [0.25, 0.3) is 5.56 Å². The summed E-state index contributed by atoms with van der Waals surface area (Å²) in [6.07, 6.45) is 1.48. The van der Waals surface area contributed by atoms with E-state index >= 15 is 0 Å². The summed E-state index contributed by atoms with van der Waals surface area (Å²) in [6.45, 7) is 1.64. The molecule has 0 spiro atoms. The highest BCUT2D eigenvalue weighted by Crippen LogP contribution is 2.13. The summed E-state index contributed by atoms with van der Waals surface area (Å²) in [4.78, 5) is 28.6. The molecule has 122 valence electrons. The number of hydrogen-bond donors (Lipinski definition) is 1. The number of carbonyl (C=O) groups excluding carboxylic acids is 1. The Morgan fingerprint density at radius 1 is 1.21 bits per heavy atom. The van der Waals surface area contributed by atoms with Gasteiger partial charge in [-0.25, -0.2) is 9.67 Å². The lowest BCUT2D eigenvalue weighted by atomic mass is 10.1. The average molecular weight is 324 g/mol. The number of anilines is 1. The molecule has 2 aromatic heterocycles. The maximum Gasteiger partial charge on any atom is 0.275 e. The van der Waals surface area contributed by atoms with E-state index in [0.717, 1.165) is 5.39 Å². The number of amides is 1. The Bertz CT molecular complexity index is 948. The van der Waals surface area contributed by atoms with Crippen molar-refractivity contribution in [1.82, 2.24) is 14.8 Å². The van der Waals surface area contributed by atoms with Crippen molar-refractivity contribution in [3.05, 3.63) is 58.6 Å². The van der Waals surface area contributed by atoms with Gasteiger partial charge in [-0.15, -0.1) is 0 Å². The van der Waals surface area contributed by atoms with Crippen molar-refractivity contribution in [3.8, 4) is 5.88 Å². The second kappa shape index (κ2) is 6.49. The topological polar surface area (TPSA) is 86.1 Å². The van der Waals surface area contributed by atoms with Crippen molar-refractivity contribution in [3.63, 3.8) is 0 Å². The molecule has 2 heterocycles. The third-order valence-corrected chi connectivity index (χ3v) is 3.58. The van der Waals surface area contributed by atoms with E-state index in [1.54, 1.807) is 24.3 Å². The van der Waals surface area contributed by atoms with E-state index in [-0.39, 0.29) is 18.0 Å². The predicted molar refractivity (Wildman–Crippen MR) is 90.2 cm³/mol. The highest BCUT2D eigenvalue weighted by atomic mass is 16.5. The number of aryl methyl sites for hydroxylation is 1. The first-order chi connectivity index (χ1) is 11.6. The number of methoxy groups -OCH3 is 1. The number of ether oxygens (including phenoxy) is 1. The van der Waals surface area contributed by atoms with Gasteiger partial charge >= 0.3 is 0 Å². The van der Waals surface area contributed by atoms with Crippen molar-refractivity contribution in [2.24, 2.45) is 0 Å². The van der Waals surface area contributed by atoms with E-state index in [2.05, 4.69) is 15.4 Å². The lowest BCUT2D eigenvalue weighted by molar-refractivity contribution is -0.117. The van der Waals surface area contributed by atoms with Crippen LogP contribution in [0.25, 0.3) is 10.8 Å². The molecule has 0 unspecified atom stereocenters. The molecule has 1 aromatic carbocycles. The van der Waals surface area contributed by atoms with E-state index in [4.69, 9.17) is 4.74 Å². The average Bonchev–Trinajstić information content (AvgIpc) is 2.60. The van der Waals surface area contributed by atoms with Crippen LogP contribution in [0.5, 0.6) is 5.88 Å². The SMILES string of the molecule is COc1ccc(NC(=O)Cn2nc(C)c3ccccc3c2=O)cn1. The summed E-state index contributed by atoms with van der Waals surface area (Å²) in [5, 5.41) is 8.23. The fraction of sp³-hybridized carbons (Fsp3) is 0.176. The summed E-state index contributed by atoms with van der Waals surface area (Å²) in [5.41, 5.74) is 0.926. The van der Waals surface area contributed by atoms with E-state index < -0.39 is 0 Å². The quantitative estimate of drug-likeness (QED) is 0.790. The Hall–Kier alpha value is -3.22. The molecule has 0 saturated heterocycles. The largest absolute Gasteiger partial charge is 0.481 e. The lowest BCUT2D eigenvalue weighted by Crippen LogP contribution is -2.30. The molecule has 24 heavy (non-hydrogen) atoms. The van der Waals surface area contributed by atoms with Crippen LogP contribution in [0.4, 0.5) is 5.69 Å². The summed E-state index contributed by atoms with van der Waals surface area (Å²) in [7, 11) is 1.51. The number of hydrogen-bond acceptors (Lipinski definition) is 5. The van der Waals surface area contributed by atoms with Gasteiger partial charge in [-0.05, 0) is 19.1 Å². The summed E-state index contributed by atoms with van der Waals surface area (Å²) in [6, 6.07) is 10.5. The van der Waals surface area contributed by atoms with Gasteiger partial charge in [-0.2, -0.15) is 5.10 Å². The molecule has 0 bridgehead atoms. The summed E-state index contributed by atoms with van der Waals surface area (Å²) >= 11 is 0. The second-order valence-corrected chi connectivity index (χ2v) is 5.23. The molecule has 3 rings (SSSR count). The maximum absolute atomic E-state index is 12.4. The van der Waals surface area contributed by atoms with Crippen LogP contribution in [-0.4, -0.2) is 27.8 Å². The third-order valence-electron chi connectivity index (χ3n) is 3.58. The molecule has 0 fully saturated rings. The Balaban J connectivity index is 1.82. The molecule has 0 atom stereocenters. The normalized spacial score (nSPS) is 10.6. The highest BCUT2D eigenvalue weighted by Gasteiger charge is 2.11. The van der Waals surface area contributed by atoms with E-state index in [9.17, 15) is 9.59 Å². The number of nitrogens with zero attached hydrogens (tertiary/aromatic N) is 3. The Labute approximate surface area is 137 Å². The zero-order valence-corrected chi connectivity index (χ0v) is 13.3. The van der Waals surface area contributed by atoms with Gasteiger partial charge in [-0.1, -0.05) is 18.2 Å². The highest BCUT2D eigenvalue weighted by molar-refractivity contribution is 5.90. The Morgan fingerprint density at radius 3 is 2.62 bits per heavy atom. The summed E-state index contributed by atoms with van der Waals surface area (Å²) < 4.78 is 6.13. The fourth-order valence-corrected chi connectivity index (χ4v) is 2.42. The number of fused-ring (bicyclic) bond motifs is 1. The summed E-state index contributed by atoms with van der Waals surface area (Å²) in [5.74, 6) is 0.0993. The van der Waals surface area contributed by atoms with Gasteiger partial charge in [0.15, 0.2) is 0 Å². The molecular weight excluding hydrogens is 308 g/mol. The Morgan fingerprint density at radius 2 is 1.96 bits per heavy atom. The smallest absolute Gasteiger partial charge is 0.275 e. The molecule has 0 saturated carbocycles. The first kappa shape index (κ1) is 15.7. The standard InChI is InChI=1S/C17H16N4O3/c1-11-13-5-3-4-6-14(13)17(23)21(20-11)10-15(22)19-12-7-8-16(24-2)18-9-12/h3-9H,10H2,1-2H3,(H,19,22). The Kier molecular flexibility index (Phi) is 4.24. The van der Waals surface area contributed by atoms with Crippen LogP contribution in [0.3, 0.4) is 0 Å². The van der Waals surface area contributed by atoms with Crippen LogP contribution in [-0.2, 0) is 11.3 Å². The lowest BCUT2D eigenvalue weighted by Gasteiger charge is -2.09. The van der Waals surface area contributed by atoms with Crippen LogP contribution < -0.4 is 15.6 Å². The maximum atomic E-state index is 12.4. The minimum Gasteiger partial charge on any atom is -0.481 e. The first-order valence-electron chi connectivity index (χ1n) is 7.35. The fourth-order valence-electron chi connectivity index (χ4n) is 2.42. The van der Waals surface area contributed by atoms with Gasteiger partial charge in [0, 0.05) is 11.5 Å². The molecule has 7 nitrogen and oxygen atoms in total. The van der Waals surface area contributed by atoms with Crippen LogP contribution in [0.1, 0.15) is 5.69 Å². The number of carbonyl (C=O) groups is 1. The minimum absolute atomic E-state index is 0.170. The van der Waals surface area contributed by atoms with Crippen LogP contribution in [0.15, 0.2) is 47.4 Å². The molecule has 1 N–H and O–H groups in total. The molecule has 1 amide bonds. The second-order valence-electron chi connectivity index (χ2n) is 5.23. The van der Waals surface area contributed by atoms with Gasteiger partial charge in [-0.3, -0.25) is 9.59 Å². The van der Waals surface area contributed by atoms with Gasteiger partial charge in [0.2, 0.25) is 11.8 Å². The van der Waals surface area contributed by atoms with E-state index in [1.807, 2.05) is 19.1 Å². The van der Waals surface area contributed by atoms with Crippen molar-refractivity contribution in [2.45, 2.75) is 13.5 Å².